The Hall–Kier alpha value is -1.92. The number of β-amino-alcohol motifs (C(OH)–C–C–N with tert-alkyl or cyclic N) is 1. The molecule has 1 aliphatic rings. The summed E-state index contributed by atoms with van der Waals surface area (Å²) in [5, 5.41) is 12.6. The molecule has 1 saturated heterocycles. The van der Waals surface area contributed by atoms with Crippen LogP contribution in [-0.2, 0) is 9.59 Å². The zero-order chi connectivity index (χ0) is 17.7. The molecule has 0 aliphatic carbocycles. The van der Waals surface area contributed by atoms with Gasteiger partial charge in [0, 0.05) is 19.3 Å². The fourth-order valence-electron chi connectivity index (χ4n) is 2.98. The second-order valence-electron chi connectivity index (χ2n) is 6.60. The standard InChI is InChI=1S/C18H27N3O3/c1-13-6-4-7-14(2)18(13)19-16(23)11-20(3)17(24)12-21-9-5-8-15(22)10-21/h4,6-7,15,22H,5,8-12H2,1-3H3,(H,19,23)/t15-/m1/s1. The smallest absolute Gasteiger partial charge is 0.243 e. The molecule has 1 aliphatic heterocycles. The number of aliphatic hydroxyl groups excluding tert-OH is 1. The van der Waals surface area contributed by atoms with Crippen molar-refractivity contribution in [1.82, 2.24) is 9.80 Å². The first-order chi connectivity index (χ1) is 11.4. The second-order valence-corrected chi connectivity index (χ2v) is 6.60. The number of hydrogen-bond donors (Lipinski definition) is 2. The number of rotatable bonds is 5. The minimum Gasteiger partial charge on any atom is -0.392 e. The highest BCUT2D eigenvalue weighted by atomic mass is 16.3. The summed E-state index contributed by atoms with van der Waals surface area (Å²) in [6.07, 6.45) is 1.33. The number of carbonyl (C=O) groups excluding carboxylic acids is 2. The average molecular weight is 333 g/mol. The monoisotopic (exact) mass is 333 g/mol. The Balaban J connectivity index is 1.85. The van der Waals surface area contributed by atoms with Crippen molar-refractivity contribution in [2.75, 3.05) is 38.5 Å². The number of anilines is 1. The van der Waals surface area contributed by atoms with Crippen LogP contribution in [0.4, 0.5) is 5.69 Å². The van der Waals surface area contributed by atoms with Gasteiger partial charge in [0.25, 0.3) is 0 Å². The SMILES string of the molecule is Cc1cccc(C)c1NC(=O)CN(C)C(=O)CN1CCC[C@@H](O)C1. The molecule has 6 heteroatoms. The summed E-state index contributed by atoms with van der Waals surface area (Å²) in [6, 6.07) is 5.83. The molecule has 2 rings (SSSR count). The van der Waals surface area contributed by atoms with Gasteiger partial charge in [0.2, 0.25) is 11.8 Å². The number of carbonyl (C=O) groups is 2. The normalized spacial score (nSPS) is 18.2. The molecule has 1 aromatic carbocycles. The van der Waals surface area contributed by atoms with E-state index in [0.717, 1.165) is 36.2 Å². The molecule has 0 saturated carbocycles. The van der Waals surface area contributed by atoms with Gasteiger partial charge in [0.1, 0.15) is 0 Å². The predicted octanol–water partition coefficient (Wildman–Crippen LogP) is 1.16. The van der Waals surface area contributed by atoms with E-state index in [2.05, 4.69) is 5.32 Å². The van der Waals surface area contributed by atoms with Gasteiger partial charge in [-0.15, -0.1) is 0 Å². The number of para-hydroxylation sites is 1. The molecular formula is C18H27N3O3. The molecule has 0 bridgehead atoms. The van der Waals surface area contributed by atoms with Crippen molar-refractivity contribution < 1.29 is 14.7 Å². The number of aliphatic hydroxyl groups is 1. The molecule has 0 aromatic heterocycles. The first kappa shape index (κ1) is 18.4. The van der Waals surface area contributed by atoms with Crippen molar-refractivity contribution in [2.45, 2.75) is 32.8 Å². The molecule has 1 fully saturated rings. The van der Waals surface area contributed by atoms with Crippen LogP contribution in [0.15, 0.2) is 18.2 Å². The molecule has 1 atom stereocenters. The number of benzene rings is 1. The van der Waals surface area contributed by atoms with E-state index in [9.17, 15) is 14.7 Å². The molecule has 2 amide bonds. The van der Waals surface area contributed by atoms with E-state index < -0.39 is 0 Å². The van der Waals surface area contributed by atoms with Gasteiger partial charge >= 0.3 is 0 Å². The molecule has 0 spiro atoms. The zero-order valence-electron chi connectivity index (χ0n) is 14.7. The van der Waals surface area contributed by atoms with Gasteiger partial charge < -0.3 is 15.3 Å². The highest BCUT2D eigenvalue weighted by Gasteiger charge is 2.22. The fraction of sp³-hybridized carbons (Fsp3) is 0.556. The molecule has 6 nitrogen and oxygen atoms in total. The van der Waals surface area contributed by atoms with Crippen LogP contribution in [0.5, 0.6) is 0 Å². The third-order valence-electron chi connectivity index (χ3n) is 4.39. The van der Waals surface area contributed by atoms with Gasteiger partial charge in [-0.05, 0) is 44.4 Å². The zero-order valence-corrected chi connectivity index (χ0v) is 14.7. The van der Waals surface area contributed by atoms with E-state index >= 15 is 0 Å². The summed E-state index contributed by atoms with van der Waals surface area (Å²) >= 11 is 0. The summed E-state index contributed by atoms with van der Waals surface area (Å²) in [4.78, 5) is 27.9. The van der Waals surface area contributed by atoms with Crippen molar-refractivity contribution in [2.24, 2.45) is 0 Å². The molecular weight excluding hydrogens is 306 g/mol. The van der Waals surface area contributed by atoms with Crippen LogP contribution in [0.2, 0.25) is 0 Å². The molecule has 0 radical (unpaired) electrons. The Kier molecular flexibility index (Phi) is 6.34. The summed E-state index contributed by atoms with van der Waals surface area (Å²) < 4.78 is 0. The van der Waals surface area contributed by atoms with Gasteiger partial charge in [-0.1, -0.05) is 18.2 Å². The topological polar surface area (TPSA) is 72.9 Å². The maximum absolute atomic E-state index is 12.3. The van der Waals surface area contributed by atoms with Crippen LogP contribution < -0.4 is 5.32 Å². The van der Waals surface area contributed by atoms with Gasteiger partial charge in [-0.25, -0.2) is 0 Å². The number of likely N-dealkylation sites (tertiary alicyclic amines) is 1. The van der Waals surface area contributed by atoms with Crippen LogP contribution in [0.25, 0.3) is 0 Å². The summed E-state index contributed by atoms with van der Waals surface area (Å²) in [5.74, 6) is -0.317. The van der Waals surface area contributed by atoms with E-state index in [0.29, 0.717) is 6.54 Å². The Morgan fingerprint density at radius 3 is 2.62 bits per heavy atom. The number of hydrogen-bond acceptors (Lipinski definition) is 4. The number of likely N-dealkylation sites (N-methyl/N-ethyl adjacent to an activating group) is 1. The molecule has 2 N–H and O–H groups in total. The van der Waals surface area contributed by atoms with Crippen LogP contribution in [0.1, 0.15) is 24.0 Å². The number of amides is 2. The third kappa shape index (κ3) is 5.04. The van der Waals surface area contributed by atoms with Gasteiger partial charge in [0.15, 0.2) is 0 Å². The van der Waals surface area contributed by atoms with Crippen LogP contribution in [-0.4, -0.2) is 66.1 Å². The van der Waals surface area contributed by atoms with Crippen molar-refractivity contribution >= 4 is 17.5 Å². The number of piperidine rings is 1. The average Bonchev–Trinajstić information content (AvgIpc) is 2.51. The fourth-order valence-corrected chi connectivity index (χ4v) is 2.98. The lowest BCUT2D eigenvalue weighted by Crippen LogP contribution is -2.46. The summed E-state index contributed by atoms with van der Waals surface area (Å²) in [7, 11) is 1.63. The van der Waals surface area contributed by atoms with Gasteiger partial charge in [-0.3, -0.25) is 14.5 Å². The Labute approximate surface area is 143 Å². The molecule has 1 heterocycles. The van der Waals surface area contributed by atoms with Crippen LogP contribution in [0, 0.1) is 13.8 Å². The lowest BCUT2D eigenvalue weighted by Gasteiger charge is -2.30. The summed E-state index contributed by atoms with van der Waals surface area (Å²) in [6.45, 7) is 5.48. The largest absolute Gasteiger partial charge is 0.392 e. The molecule has 0 unspecified atom stereocenters. The van der Waals surface area contributed by atoms with E-state index in [1.807, 2.05) is 36.9 Å². The molecule has 1 aromatic rings. The Morgan fingerprint density at radius 1 is 1.33 bits per heavy atom. The van der Waals surface area contributed by atoms with E-state index in [4.69, 9.17) is 0 Å². The summed E-state index contributed by atoms with van der Waals surface area (Å²) in [5.41, 5.74) is 2.81. The number of nitrogens with zero attached hydrogens (tertiary/aromatic N) is 2. The first-order valence-electron chi connectivity index (χ1n) is 8.37. The van der Waals surface area contributed by atoms with Gasteiger partial charge in [0.05, 0.1) is 19.2 Å². The van der Waals surface area contributed by atoms with Crippen LogP contribution in [0.3, 0.4) is 0 Å². The maximum atomic E-state index is 12.3. The lowest BCUT2D eigenvalue weighted by molar-refractivity contribution is -0.134. The van der Waals surface area contributed by atoms with E-state index in [-0.39, 0.29) is 31.0 Å². The minimum atomic E-state index is -0.357. The predicted molar refractivity (Wildman–Crippen MR) is 93.9 cm³/mol. The number of nitrogens with one attached hydrogen (secondary N) is 1. The number of aryl methyl sites for hydroxylation is 2. The lowest BCUT2D eigenvalue weighted by atomic mass is 10.1. The highest BCUT2D eigenvalue weighted by Crippen LogP contribution is 2.19. The molecule has 24 heavy (non-hydrogen) atoms. The molecule has 132 valence electrons. The van der Waals surface area contributed by atoms with Crippen molar-refractivity contribution in [3.05, 3.63) is 29.3 Å². The Bertz CT molecular complexity index is 583. The third-order valence-corrected chi connectivity index (χ3v) is 4.39. The van der Waals surface area contributed by atoms with Crippen molar-refractivity contribution in [3.63, 3.8) is 0 Å². The van der Waals surface area contributed by atoms with Crippen LogP contribution >= 0.6 is 0 Å². The quantitative estimate of drug-likeness (QED) is 0.848. The van der Waals surface area contributed by atoms with Crippen molar-refractivity contribution in [1.29, 1.82) is 0 Å². The first-order valence-corrected chi connectivity index (χ1v) is 8.37. The van der Waals surface area contributed by atoms with Gasteiger partial charge in [-0.2, -0.15) is 0 Å². The minimum absolute atomic E-state index is 0.0169. The highest BCUT2D eigenvalue weighted by molar-refractivity contribution is 5.95. The van der Waals surface area contributed by atoms with E-state index in [1.165, 1.54) is 4.90 Å². The van der Waals surface area contributed by atoms with Crippen molar-refractivity contribution in [3.8, 4) is 0 Å². The van der Waals surface area contributed by atoms with E-state index in [1.54, 1.807) is 7.05 Å². The second kappa shape index (κ2) is 8.26. The maximum Gasteiger partial charge on any atom is 0.243 e. The Morgan fingerprint density at radius 2 is 2.00 bits per heavy atom.